The largest absolute Gasteiger partial charge is 0.492 e. The smallest absolute Gasteiger partial charge is 0.140 e. The number of H-pyrrole nitrogens is 2. The monoisotopic (exact) mass is 421 g/mol. The second kappa shape index (κ2) is 13.0. The lowest BCUT2D eigenvalue weighted by Gasteiger charge is -2.02. The molecule has 2 aromatic heterocycles. The van der Waals surface area contributed by atoms with E-state index in [0.717, 1.165) is 41.4 Å². The maximum Gasteiger partial charge on any atom is 0.140 e. The highest BCUT2D eigenvalue weighted by Gasteiger charge is 2.11. The van der Waals surface area contributed by atoms with Crippen molar-refractivity contribution in [1.29, 1.82) is 0 Å². The normalized spacial score (nSPS) is 14.5. The van der Waals surface area contributed by atoms with E-state index in [0.29, 0.717) is 6.61 Å². The molecule has 3 heterocycles. The maximum atomic E-state index is 5.84. The molecule has 4 heteroatoms. The van der Waals surface area contributed by atoms with Gasteiger partial charge in [0.05, 0.1) is 29.4 Å². The first-order valence-corrected chi connectivity index (χ1v) is 12.2. The molecule has 4 nitrogen and oxygen atoms in total. The van der Waals surface area contributed by atoms with Crippen molar-refractivity contribution in [2.45, 2.75) is 84.5 Å². The Balaban J connectivity index is 1.42. The molecular weight excluding hydrogens is 382 g/mol. The molecule has 3 rings (SSSR count). The molecule has 0 aliphatic carbocycles. The first kappa shape index (κ1) is 23.2. The van der Waals surface area contributed by atoms with E-state index < -0.39 is 0 Å². The molecule has 0 atom stereocenters. The van der Waals surface area contributed by atoms with Crippen LogP contribution in [-0.2, 0) is 6.42 Å². The van der Waals surface area contributed by atoms with Crippen LogP contribution in [0.5, 0.6) is 5.75 Å². The first-order chi connectivity index (χ1) is 15.3. The Hall–Kier alpha value is -2.49. The van der Waals surface area contributed by atoms with Crippen LogP contribution in [0.1, 0.15) is 83.7 Å². The summed E-state index contributed by atoms with van der Waals surface area (Å²) in [7, 11) is 0. The second-order valence-corrected chi connectivity index (χ2v) is 8.39. The SMILES string of the molecule is CCCCCCCCCCCC1=NC(=CCc2[nH]c(-c3ccc[nH]3)cc2OCC)C=C1. The van der Waals surface area contributed by atoms with Crippen molar-refractivity contribution in [3.8, 4) is 17.1 Å². The van der Waals surface area contributed by atoms with Crippen LogP contribution in [0.25, 0.3) is 11.4 Å². The van der Waals surface area contributed by atoms with Crippen molar-refractivity contribution >= 4 is 5.71 Å². The van der Waals surface area contributed by atoms with Crippen molar-refractivity contribution < 1.29 is 4.74 Å². The predicted molar refractivity (Wildman–Crippen MR) is 132 cm³/mol. The molecule has 0 bridgehead atoms. The van der Waals surface area contributed by atoms with Crippen molar-refractivity contribution in [3.05, 3.63) is 54.0 Å². The van der Waals surface area contributed by atoms with E-state index in [4.69, 9.17) is 9.73 Å². The highest BCUT2D eigenvalue weighted by atomic mass is 16.5. The van der Waals surface area contributed by atoms with Gasteiger partial charge in [-0.3, -0.25) is 4.99 Å². The summed E-state index contributed by atoms with van der Waals surface area (Å²) in [6.45, 7) is 4.96. The molecule has 0 spiro atoms. The third kappa shape index (κ3) is 7.61. The molecule has 0 aromatic carbocycles. The fraction of sp³-hybridized carbons (Fsp3) is 0.519. The predicted octanol–water partition coefficient (Wildman–Crippen LogP) is 7.77. The molecule has 0 unspecified atom stereocenters. The third-order valence-electron chi connectivity index (χ3n) is 5.82. The Morgan fingerprint density at radius 3 is 2.42 bits per heavy atom. The molecule has 0 amide bonds. The summed E-state index contributed by atoms with van der Waals surface area (Å²) >= 11 is 0. The summed E-state index contributed by atoms with van der Waals surface area (Å²) < 4.78 is 5.84. The zero-order valence-corrected chi connectivity index (χ0v) is 19.4. The van der Waals surface area contributed by atoms with Crippen LogP contribution in [0.15, 0.2) is 53.3 Å². The van der Waals surface area contributed by atoms with E-state index in [1.54, 1.807) is 0 Å². The van der Waals surface area contributed by atoms with Crippen LogP contribution >= 0.6 is 0 Å². The molecule has 1 aliphatic heterocycles. The minimum atomic E-state index is 0.659. The molecular formula is C27H39N3O. The lowest BCUT2D eigenvalue weighted by Crippen LogP contribution is -1.94. The van der Waals surface area contributed by atoms with E-state index >= 15 is 0 Å². The quantitative estimate of drug-likeness (QED) is 0.284. The Labute approximate surface area is 187 Å². The van der Waals surface area contributed by atoms with Crippen molar-refractivity contribution in [1.82, 2.24) is 9.97 Å². The average Bonchev–Trinajstić information content (AvgIpc) is 3.52. The maximum absolute atomic E-state index is 5.84. The highest BCUT2D eigenvalue weighted by molar-refractivity contribution is 5.98. The van der Waals surface area contributed by atoms with Crippen LogP contribution in [0, 0.1) is 0 Å². The lowest BCUT2D eigenvalue weighted by molar-refractivity contribution is 0.337. The number of rotatable bonds is 15. The molecule has 1 aliphatic rings. The third-order valence-corrected chi connectivity index (χ3v) is 5.82. The van der Waals surface area contributed by atoms with Gasteiger partial charge >= 0.3 is 0 Å². The van der Waals surface area contributed by atoms with Crippen LogP contribution in [-0.4, -0.2) is 22.3 Å². The number of hydrogen-bond acceptors (Lipinski definition) is 2. The number of hydrogen-bond donors (Lipinski definition) is 2. The van der Waals surface area contributed by atoms with E-state index in [-0.39, 0.29) is 0 Å². The van der Waals surface area contributed by atoms with Gasteiger partial charge in [-0.05, 0) is 44.1 Å². The van der Waals surface area contributed by atoms with Crippen molar-refractivity contribution in [3.63, 3.8) is 0 Å². The van der Waals surface area contributed by atoms with Gasteiger partial charge < -0.3 is 14.7 Å². The molecule has 0 saturated heterocycles. The van der Waals surface area contributed by atoms with Gasteiger partial charge in [0.25, 0.3) is 0 Å². The molecule has 0 radical (unpaired) electrons. The molecule has 2 aromatic rings. The molecule has 168 valence electrons. The van der Waals surface area contributed by atoms with E-state index in [1.165, 1.54) is 63.5 Å². The van der Waals surface area contributed by atoms with Gasteiger partial charge in [0.1, 0.15) is 5.75 Å². The number of aromatic nitrogens is 2. The number of aromatic amines is 2. The van der Waals surface area contributed by atoms with Gasteiger partial charge in [0.2, 0.25) is 0 Å². The van der Waals surface area contributed by atoms with Crippen LogP contribution in [0.2, 0.25) is 0 Å². The van der Waals surface area contributed by atoms with Gasteiger partial charge in [-0.25, -0.2) is 0 Å². The molecule has 2 N–H and O–H groups in total. The number of unbranched alkanes of at least 4 members (excludes halogenated alkanes) is 8. The summed E-state index contributed by atoms with van der Waals surface area (Å²) in [5.41, 5.74) is 5.50. The van der Waals surface area contributed by atoms with E-state index in [9.17, 15) is 0 Å². The number of ether oxygens (including phenoxy) is 1. The Morgan fingerprint density at radius 2 is 1.71 bits per heavy atom. The number of nitrogens with zero attached hydrogens (tertiary/aromatic N) is 1. The fourth-order valence-corrected chi connectivity index (χ4v) is 4.06. The molecule has 0 fully saturated rings. The number of allylic oxidation sites excluding steroid dienone is 3. The summed E-state index contributed by atoms with van der Waals surface area (Å²) in [6.07, 6.45) is 22.6. The summed E-state index contributed by atoms with van der Waals surface area (Å²) in [5, 5.41) is 0. The standard InChI is InChI=1S/C27H39N3O/c1-3-5-6-7-8-9-10-11-12-14-22-16-17-23(29-22)18-19-25-27(31-4-2)21-26(30-25)24-15-13-20-28-24/h13,15-18,20-21,28,30H,3-12,14,19H2,1-2H3. The summed E-state index contributed by atoms with van der Waals surface area (Å²) in [5.74, 6) is 0.921. The van der Waals surface area contributed by atoms with Gasteiger partial charge in [-0.2, -0.15) is 0 Å². The van der Waals surface area contributed by atoms with Gasteiger partial charge in [0.15, 0.2) is 0 Å². The summed E-state index contributed by atoms with van der Waals surface area (Å²) in [6, 6.07) is 6.14. The number of nitrogens with one attached hydrogen (secondary N) is 2. The Bertz CT molecular complexity index is 855. The Kier molecular flexibility index (Phi) is 9.75. The zero-order valence-electron chi connectivity index (χ0n) is 19.4. The fourth-order valence-electron chi connectivity index (χ4n) is 4.06. The van der Waals surface area contributed by atoms with Crippen LogP contribution in [0.3, 0.4) is 0 Å². The van der Waals surface area contributed by atoms with Gasteiger partial charge in [-0.15, -0.1) is 0 Å². The topological polar surface area (TPSA) is 53.2 Å². The minimum Gasteiger partial charge on any atom is -0.492 e. The Morgan fingerprint density at radius 1 is 0.935 bits per heavy atom. The van der Waals surface area contributed by atoms with E-state index in [1.807, 2.05) is 19.2 Å². The average molecular weight is 422 g/mol. The summed E-state index contributed by atoms with van der Waals surface area (Å²) in [4.78, 5) is 11.6. The van der Waals surface area contributed by atoms with Crippen LogP contribution in [0.4, 0.5) is 0 Å². The molecule has 0 saturated carbocycles. The molecule has 31 heavy (non-hydrogen) atoms. The first-order valence-electron chi connectivity index (χ1n) is 12.2. The van der Waals surface area contributed by atoms with Crippen LogP contribution < -0.4 is 4.74 Å². The van der Waals surface area contributed by atoms with Crippen molar-refractivity contribution in [2.75, 3.05) is 6.61 Å². The lowest BCUT2D eigenvalue weighted by atomic mass is 10.1. The minimum absolute atomic E-state index is 0.659. The van der Waals surface area contributed by atoms with Gasteiger partial charge in [0, 0.05) is 24.4 Å². The van der Waals surface area contributed by atoms with E-state index in [2.05, 4.69) is 47.3 Å². The highest BCUT2D eigenvalue weighted by Crippen LogP contribution is 2.28. The van der Waals surface area contributed by atoms with Crippen molar-refractivity contribution in [2.24, 2.45) is 4.99 Å². The number of aliphatic imine (C=N–C) groups is 1. The van der Waals surface area contributed by atoms with Gasteiger partial charge in [-0.1, -0.05) is 64.4 Å². The second-order valence-electron chi connectivity index (χ2n) is 8.39. The zero-order chi connectivity index (χ0) is 21.7.